The van der Waals surface area contributed by atoms with Crippen LogP contribution in [0.2, 0.25) is 0 Å². The van der Waals surface area contributed by atoms with Crippen molar-refractivity contribution in [1.82, 2.24) is 0 Å². The van der Waals surface area contributed by atoms with Gasteiger partial charge in [-0.15, -0.1) is 0 Å². The van der Waals surface area contributed by atoms with Crippen LogP contribution >= 0.6 is 0 Å². The molecule has 0 fully saturated rings. The van der Waals surface area contributed by atoms with Crippen molar-refractivity contribution in [3.8, 4) is 0 Å². The van der Waals surface area contributed by atoms with Gasteiger partial charge in [-0.05, 0) is 18.4 Å². The number of benzene rings is 2. The molecule has 1 N–H and O–H groups in total. The molecule has 0 aliphatic heterocycles. The minimum Gasteiger partial charge on any atom is -0.377 e. The van der Waals surface area contributed by atoms with E-state index in [4.69, 9.17) is 0 Å². The summed E-state index contributed by atoms with van der Waals surface area (Å²) in [4.78, 5) is 0.181. The van der Waals surface area contributed by atoms with Crippen molar-refractivity contribution in [3.05, 3.63) is 42.5 Å². The zero-order chi connectivity index (χ0) is 11.8. The van der Waals surface area contributed by atoms with Crippen LogP contribution in [-0.4, -0.2) is 19.0 Å². The summed E-state index contributed by atoms with van der Waals surface area (Å²) in [6.45, 7) is 1.26. The third-order valence-electron chi connectivity index (χ3n) is 2.51. The Kier molecular flexibility index (Phi) is 2.69. The van der Waals surface area contributed by atoms with E-state index >= 15 is 0 Å². The average Bonchev–Trinajstić information content (AvgIpc) is 2.28. The van der Waals surface area contributed by atoms with Crippen LogP contribution in [-0.2, 0) is 9.84 Å². The molecule has 16 heavy (non-hydrogen) atoms. The highest BCUT2D eigenvalue weighted by atomic mass is 32.2. The molecule has 84 valence electrons. The van der Waals surface area contributed by atoms with Crippen molar-refractivity contribution in [3.63, 3.8) is 0 Å². The highest BCUT2D eigenvalue weighted by molar-refractivity contribution is 7.92. The summed E-state index contributed by atoms with van der Waals surface area (Å²) in [5.41, 5.74) is -1.39. The van der Waals surface area contributed by atoms with E-state index in [9.17, 15) is 13.5 Å². The summed E-state index contributed by atoms with van der Waals surface area (Å²) in [5, 5.41) is 10.8. The van der Waals surface area contributed by atoms with Gasteiger partial charge in [0.2, 0.25) is 9.84 Å². The van der Waals surface area contributed by atoms with Crippen molar-refractivity contribution in [2.75, 3.05) is 0 Å². The molecule has 0 radical (unpaired) electrons. The molecule has 2 aromatic carbocycles. The number of fused-ring (bicyclic) bond motifs is 1. The summed E-state index contributed by atoms with van der Waals surface area (Å²) < 4.78 is 23.8. The topological polar surface area (TPSA) is 54.4 Å². The summed E-state index contributed by atoms with van der Waals surface area (Å²) >= 11 is 0. The first kappa shape index (κ1) is 11.1. The Morgan fingerprint density at radius 2 is 1.69 bits per heavy atom. The summed E-state index contributed by atoms with van der Waals surface area (Å²) in [6.07, 6.45) is 0. The molecule has 1 atom stereocenters. The molecule has 0 amide bonds. The van der Waals surface area contributed by atoms with Crippen molar-refractivity contribution < 1.29 is 13.5 Å². The predicted molar refractivity (Wildman–Crippen MR) is 62.8 cm³/mol. The molecule has 4 heteroatoms. The van der Waals surface area contributed by atoms with Gasteiger partial charge in [0.25, 0.3) is 0 Å². The second-order valence-corrected chi connectivity index (χ2v) is 5.83. The SMILES string of the molecule is CC(O)S(=O)(=O)c1cccc2ccccc12. The lowest BCUT2D eigenvalue weighted by Crippen LogP contribution is -2.17. The van der Waals surface area contributed by atoms with Crippen LogP contribution in [0.25, 0.3) is 10.8 Å². The number of rotatable bonds is 2. The van der Waals surface area contributed by atoms with Crippen molar-refractivity contribution in [2.45, 2.75) is 17.3 Å². The highest BCUT2D eigenvalue weighted by Gasteiger charge is 2.22. The van der Waals surface area contributed by atoms with Gasteiger partial charge in [0.1, 0.15) is 0 Å². The van der Waals surface area contributed by atoms with E-state index in [1.165, 1.54) is 13.0 Å². The van der Waals surface area contributed by atoms with Crippen LogP contribution in [0.5, 0.6) is 0 Å². The lowest BCUT2D eigenvalue weighted by Gasteiger charge is -2.09. The fraction of sp³-hybridized carbons (Fsp3) is 0.167. The molecule has 3 nitrogen and oxygen atoms in total. The van der Waals surface area contributed by atoms with E-state index in [1.54, 1.807) is 18.2 Å². The second kappa shape index (κ2) is 3.88. The Morgan fingerprint density at radius 1 is 1.06 bits per heavy atom. The number of aliphatic hydroxyl groups excluding tert-OH is 1. The number of hydrogen-bond acceptors (Lipinski definition) is 3. The lowest BCUT2D eigenvalue weighted by molar-refractivity contribution is 0.268. The molecular weight excluding hydrogens is 224 g/mol. The number of hydrogen-bond donors (Lipinski definition) is 1. The molecular formula is C12H12O3S. The van der Waals surface area contributed by atoms with Crippen molar-refractivity contribution in [2.24, 2.45) is 0 Å². The molecule has 0 bridgehead atoms. The third-order valence-corrected chi connectivity index (χ3v) is 4.37. The maximum absolute atomic E-state index is 11.9. The second-order valence-electron chi connectivity index (χ2n) is 3.62. The van der Waals surface area contributed by atoms with E-state index in [1.807, 2.05) is 18.2 Å². The lowest BCUT2D eigenvalue weighted by atomic mass is 10.1. The smallest absolute Gasteiger partial charge is 0.205 e. The Balaban J connectivity index is 2.80. The van der Waals surface area contributed by atoms with Gasteiger partial charge in [-0.1, -0.05) is 36.4 Å². The normalized spacial score (nSPS) is 13.9. The van der Waals surface area contributed by atoms with Gasteiger partial charge in [-0.3, -0.25) is 0 Å². The minimum absolute atomic E-state index is 0.181. The van der Waals surface area contributed by atoms with Crippen LogP contribution in [0.15, 0.2) is 47.4 Å². The predicted octanol–water partition coefficient (Wildman–Crippen LogP) is 1.95. The van der Waals surface area contributed by atoms with Crippen molar-refractivity contribution in [1.29, 1.82) is 0 Å². The Bertz CT molecular complexity index is 610. The fourth-order valence-corrected chi connectivity index (χ4v) is 2.76. The van der Waals surface area contributed by atoms with Crippen LogP contribution in [0.4, 0.5) is 0 Å². The zero-order valence-electron chi connectivity index (χ0n) is 8.79. The molecule has 0 heterocycles. The first-order valence-electron chi connectivity index (χ1n) is 4.93. The molecule has 0 aliphatic rings. The van der Waals surface area contributed by atoms with Crippen LogP contribution in [0.1, 0.15) is 6.92 Å². The van der Waals surface area contributed by atoms with Gasteiger partial charge >= 0.3 is 0 Å². The quantitative estimate of drug-likeness (QED) is 0.867. The van der Waals surface area contributed by atoms with Gasteiger partial charge in [0.15, 0.2) is 5.44 Å². The monoisotopic (exact) mass is 236 g/mol. The first-order valence-corrected chi connectivity index (χ1v) is 6.48. The summed E-state index contributed by atoms with van der Waals surface area (Å²) in [7, 11) is -3.65. The highest BCUT2D eigenvalue weighted by Crippen LogP contribution is 2.25. The van der Waals surface area contributed by atoms with Crippen LogP contribution < -0.4 is 0 Å². The van der Waals surface area contributed by atoms with E-state index in [-0.39, 0.29) is 4.90 Å². The van der Waals surface area contributed by atoms with Gasteiger partial charge in [-0.2, -0.15) is 0 Å². The molecule has 0 saturated carbocycles. The Morgan fingerprint density at radius 3 is 2.38 bits per heavy atom. The van der Waals surface area contributed by atoms with Crippen molar-refractivity contribution >= 4 is 20.6 Å². The summed E-state index contributed by atoms with van der Waals surface area (Å²) in [5.74, 6) is 0. The fourth-order valence-electron chi connectivity index (χ4n) is 1.63. The van der Waals surface area contributed by atoms with E-state index in [0.717, 1.165) is 5.39 Å². The largest absolute Gasteiger partial charge is 0.377 e. The molecule has 2 aromatic rings. The molecule has 0 spiro atoms. The Labute approximate surface area is 94.3 Å². The first-order chi connectivity index (χ1) is 7.53. The van der Waals surface area contributed by atoms with Crippen LogP contribution in [0, 0.1) is 0 Å². The maximum Gasteiger partial charge on any atom is 0.205 e. The molecule has 0 saturated heterocycles. The zero-order valence-corrected chi connectivity index (χ0v) is 9.61. The molecule has 1 unspecified atom stereocenters. The van der Waals surface area contributed by atoms with E-state index in [2.05, 4.69) is 0 Å². The number of sulfone groups is 1. The van der Waals surface area contributed by atoms with Gasteiger partial charge < -0.3 is 5.11 Å². The Hall–Kier alpha value is -1.39. The average molecular weight is 236 g/mol. The van der Waals surface area contributed by atoms with E-state index < -0.39 is 15.3 Å². The maximum atomic E-state index is 11.9. The van der Waals surface area contributed by atoms with Gasteiger partial charge in [0, 0.05) is 5.39 Å². The summed E-state index contributed by atoms with van der Waals surface area (Å²) in [6, 6.07) is 12.3. The standard InChI is InChI=1S/C12H12O3S/c1-9(13)16(14,15)12-8-4-6-10-5-2-3-7-11(10)12/h2-9,13H,1H3. The van der Waals surface area contributed by atoms with Crippen LogP contribution in [0.3, 0.4) is 0 Å². The van der Waals surface area contributed by atoms with Gasteiger partial charge in [-0.25, -0.2) is 8.42 Å². The molecule has 2 rings (SSSR count). The molecule has 0 aromatic heterocycles. The van der Waals surface area contributed by atoms with Gasteiger partial charge in [0.05, 0.1) is 4.90 Å². The number of aliphatic hydroxyl groups is 1. The molecule has 0 aliphatic carbocycles. The minimum atomic E-state index is -3.65. The third kappa shape index (κ3) is 1.70. The van der Waals surface area contributed by atoms with E-state index in [0.29, 0.717) is 5.39 Å².